The van der Waals surface area contributed by atoms with E-state index in [1.165, 1.54) is 14.2 Å². The van der Waals surface area contributed by atoms with Crippen LogP contribution in [-0.4, -0.2) is 50.1 Å². The Morgan fingerprint density at radius 2 is 1.09 bits per heavy atom. The Kier molecular flexibility index (Phi) is 14.4. The summed E-state index contributed by atoms with van der Waals surface area (Å²) in [7, 11) is 2.62. The third-order valence-corrected chi connectivity index (χ3v) is 6.49. The Balaban J connectivity index is 2.74. The van der Waals surface area contributed by atoms with Gasteiger partial charge in [-0.3, -0.25) is 9.59 Å². The molecule has 1 fully saturated rings. The normalized spacial score (nSPS) is 19.4. The molecule has 8 heteroatoms. The zero-order chi connectivity index (χ0) is 24.6. The minimum absolute atomic E-state index is 0.295. The fourth-order valence-electron chi connectivity index (χ4n) is 4.48. The molecule has 0 radical (unpaired) electrons. The summed E-state index contributed by atoms with van der Waals surface area (Å²) in [5, 5.41) is 5.64. The van der Waals surface area contributed by atoms with Crippen molar-refractivity contribution in [3.8, 4) is 0 Å². The van der Waals surface area contributed by atoms with Crippen molar-refractivity contribution in [2.45, 2.75) is 109 Å². The fraction of sp³-hybridized carbons (Fsp3) is 0.840. The van der Waals surface area contributed by atoms with Gasteiger partial charge in [0.2, 0.25) is 11.8 Å². The van der Waals surface area contributed by atoms with Crippen LogP contribution in [0.25, 0.3) is 0 Å². The fourth-order valence-corrected chi connectivity index (χ4v) is 4.48. The van der Waals surface area contributed by atoms with Gasteiger partial charge in [0, 0.05) is 11.8 Å². The number of unbranched alkanes of at least 4 members (excludes halogenated alkanes) is 6. The van der Waals surface area contributed by atoms with E-state index in [0.717, 1.165) is 57.8 Å². The number of rotatable bonds is 16. The third kappa shape index (κ3) is 10.1. The summed E-state index contributed by atoms with van der Waals surface area (Å²) in [5.74, 6) is -2.56. The van der Waals surface area contributed by atoms with Gasteiger partial charge in [0.15, 0.2) is 0 Å². The van der Waals surface area contributed by atoms with Gasteiger partial charge in [0.1, 0.15) is 12.1 Å². The highest BCUT2D eigenvalue weighted by atomic mass is 16.5. The summed E-state index contributed by atoms with van der Waals surface area (Å²) in [5.41, 5.74) is 0. The third-order valence-electron chi connectivity index (χ3n) is 6.49. The summed E-state index contributed by atoms with van der Waals surface area (Å²) in [4.78, 5) is 50.4. The van der Waals surface area contributed by atoms with Gasteiger partial charge >= 0.3 is 11.9 Å². The van der Waals surface area contributed by atoms with Crippen molar-refractivity contribution in [3.63, 3.8) is 0 Å². The lowest BCUT2D eigenvalue weighted by Crippen LogP contribution is -2.49. The van der Waals surface area contributed by atoms with Crippen LogP contribution in [0, 0.1) is 11.8 Å². The van der Waals surface area contributed by atoms with Crippen molar-refractivity contribution in [3.05, 3.63) is 0 Å². The molecule has 0 saturated heterocycles. The zero-order valence-electron chi connectivity index (χ0n) is 21.0. The van der Waals surface area contributed by atoms with Crippen molar-refractivity contribution in [1.82, 2.24) is 10.6 Å². The second kappa shape index (κ2) is 16.5. The number of carbonyl (C=O) groups excluding carboxylic acids is 4. The topological polar surface area (TPSA) is 111 Å². The summed E-state index contributed by atoms with van der Waals surface area (Å²) >= 11 is 0. The van der Waals surface area contributed by atoms with Crippen LogP contribution in [0.4, 0.5) is 0 Å². The van der Waals surface area contributed by atoms with Crippen molar-refractivity contribution < 1.29 is 28.7 Å². The number of ether oxygens (including phenoxy) is 2. The average Bonchev–Trinajstić information content (AvgIpc) is 3.32. The molecule has 4 atom stereocenters. The van der Waals surface area contributed by atoms with E-state index in [1.807, 2.05) is 0 Å². The molecule has 0 unspecified atom stereocenters. The molecule has 0 aromatic heterocycles. The van der Waals surface area contributed by atoms with E-state index in [4.69, 9.17) is 9.47 Å². The number of hydrogen-bond acceptors (Lipinski definition) is 6. The molecule has 2 N–H and O–H groups in total. The van der Waals surface area contributed by atoms with E-state index in [9.17, 15) is 19.2 Å². The van der Waals surface area contributed by atoms with E-state index in [-0.39, 0.29) is 11.8 Å². The zero-order valence-corrected chi connectivity index (χ0v) is 21.0. The standard InChI is InChI=1S/C25H44N2O6/c1-5-7-9-11-16-20(24(30)32-3)26-22(28)18-14-13-15-19(18)23(29)27-21(25(31)33-4)17-12-10-8-6-2/h18-21H,5-17H2,1-4H3,(H,26,28)(H,27,29)/t18-,19-,20+,21+/m1/s1. The van der Waals surface area contributed by atoms with Crippen molar-refractivity contribution in [2.75, 3.05) is 14.2 Å². The van der Waals surface area contributed by atoms with E-state index < -0.39 is 35.9 Å². The number of methoxy groups -OCH3 is 2. The molecule has 1 saturated carbocycles. The van der Waals surface area contributed by atoms with E-state index in [1.54, 1.807) is 0 Å². The van der Waals surface area contributed by atoms with Gasteiger partial charge in [-0.2, -0.15) is 0 Å². The smallest absolute Gasteiger partial charge is 0.328 e. The van der Waals surface area contributed by atoms with Gasteiger partial charge < -0.3 is 20.1 Å². The minimum atomic E-state index is -0.704. The molecule has 0 aliphatic heterocycles. The second-order valence-electron chi connectivity index (χ2n) is 9.01. The van der Waals surface area contributed by atoms with E-state index >= 15 is 0 Å². The predicted octanol–water partition coefficient (Wildman–Crippen LogP) is 3.66. The number of hydrogen-bond donors (Lipinski definition) is 2. The van der Waals surface area contributed by atoms with Crippen LogP contribution in [-0.2, 0) is 28.7 Å². The Hall–Kier alpha value is -2.12. The molecule has 0 heterocycles. The second-order valence-corrected chi connectivity index (χ2v) is 9.01. The van der Waals surface area contributed by atoms with Gasteiger partial charge in [0.25, 0.3) is 0 Å². The van der Waals surface area contributed by atoms with Crippen LogP contribution in [0.1, 0.15) is 97.3 Å². The summed E-state index contributed by atoms with van der Waals surface area (Å²) < 4.78 is 9.74. The van der Waals surface area contributed by atoms with Crippen LogP contribution < -0.4 is 10.6 Å². The molecule has 1 rings (SSSR count). The Labute approximate surface area is 198 Å². The maximum Gasteiger partial charge on any atom is 0.328 e. The van der Waals surface area contributed by atoms with Crippen molar-refractivity contribution in [2.24, 2.45) is 11.8 Å². The Morgan fingerprint density at radius 3 is 1.42 bits per heavy atom. The first-order valence-corrected chi connectivity index (χ1v) is 12.7. The van der Waals surface area contributed by atoms with Gasteiger partial charge in [0.05, 0.1) is 14.2 Å². The van der Waals surface area contributed by atoms with Crippen LogP contribution >= 0.6 is 0 Å². The number of carbonyl (C=O) groups is 4. The van der Waals surface area contributed by atoms with Gasteiger partial charge in [-0.05, 0) is 25.7 Å². The Bertz CT molecular complexity index is 572. The highest BCUT2D eigenvalue weighted by Gasteiger charge is 2.40. The molecule has 1 aliphatic carbocycles. The van der Waals surface area contributed by atoms with E-state index in [0.29, 0.717) is 25.7 Å². The highest BCUT2D eigenvalue weighted by Crippen LogP contribution is 2.32. The highest BCUT2D eigenvalue weighted by molar-refractivity contribution is 5.92. The largest absolute Gasteiger partial charge is 0.467 e. The van der Waals surface area contributed by atoms with Crippen LogP contribution in [0.15, 0.2) is 0 Å². The molecule has 8 nitrogen and oxygen atoms in total. The molecule has 190 valence electrons. The van der Waals surface area contributed by atoms with Gasteiger partial charge in [-0.25, -0.2) is 9.59 Å². The van der Waals surface area contributed by atoms with Crippen LogP contribution in [0.5, 0.6) is 0 Å². The quantitative estimate of drug-likeness (QED) is 0.264. The number of esters is 2. The molecule has 0 aromatic carbocycles. The molecule has 0 spiro atoms. The molecular weight excluding hydrogens is 424 g/mol. The maximum absolute atomic E-state index is 13.0. The number of nitrogens with one attached hydrogen (secondary N) is 2. The Morgan fingerprint density at radius 1 is 0.697 bits per heavy atom. The summed E-state index contributed by atoms with van der Waals surface area (Å²) in [6.07, 6.45) is 10.9. The lowest BCUT2D eigenvalue weighted by atomic mass is 9.93. The van der Waals surface area contributed by atoms with E-state index in [2.05, 4.69) is 24.5 Å². The number of amides is 2. The minimum Gasteiger partial charge on any atom is -0.467 e. The average molecular weight is 469 g/mol. The molecule has 1 aliphatic rings. The predicted molar refractivity (Wildman–Crippen MR) is 126 cm³/mol. The summed E-state index contributed by atoms with van der Waals surface area (Å²) in [6.45, 7) is 4.22. The first kappa shape index (κ1) is 28.9. The van der Waals surface area contributed by atoms with Gasteiger partial charge in [-0.1, -0.05) is 71.6 Å². The monoisotopic (exact) mass is 468 g/mol. The van der Waals surface area contributed by atoms with Gasteiger partial charge in [-0.15, -0.1) is 0 Å². The first-order valence-electron chi connectivity index (χ1n) is 12.7. The van der Waals surface area contributed by atoms with Crippen molar-refractivity contribution >= 4 is 23.8 Å². The lowest BCUT2D eigenvalue weighted by molar-refractivity contribution is -0.147. The molecule has 33 heavy (non-hydrogen) atoms. The summed E-state index contributed by atoms with van der Waals surface area (Å²) in [6, 6.07) is -1.41. The molecular formula is C25H44N2O6. The lowest BCUT2D eigenvalue weighted by Gasteiger charge is -2.24. The molecule has 0 bridgehead atoms. The first-order chi connectivity index (χ1) is 15.9. The molecule has 0 aromatic rings. The SMILES string of the molecule is CCCCCC[C@H](NC(=O)[C@@H]1CCC[C@H]1C(=O)N[C@@H](CCCCCC)C(=O)OC)C(=O)OC. The van der Waals surface area contributed by atoms with Crippen LogP contribution in [0.2, 0.25) is 0 Å². The molecule has 2 amide bonds. The maximum atomic E-state index is 13.0. The van der Waals surface area contributed by atoms with Crippen LogP contribution in [0.3, 0.4) is 0 Å². The van der Waals surface area contributed by atoms with Crippen molar-refractivity contribution in [1.29, 1.82) is 0 Å².